The van der Waals surface area contributed by atoms with Crippen LogP contribution in [0, 0.1) is 22.7 Å². The van der Waals surface area contributed by atoms with Gasteiger partial charge < -0.3 is 0 Å². The lowest BCUT2D eigenvalue weighted by molar-refractivity contribution is 0.698. The molecule has 0 heterocycles. The molecule has 50 valence electrons. The maximum atomic E-state index is 9.69. The van der Waals surface area contributed by atoms with Crippen LogP contribution in [-0.4, -0.2) is 4.21 Å². The third-order valence-electron chi connectivity index (χ3n) is 0.547. The number of allylic oxidation sites excluding steroid dienone is 1. The van der Waals surface area contributed by atoms with E-state index in [0.717, 1.165) is 0 Å². The maximum Gasteiger partial charge on any atom is 0.206 e. The predicted molar refractivity (Wildman–Crippen MR) is 34.7 cm³/mol. The molecule has 0 saturated carbocycles. The van der Waals surface area contributed by atoms with Crippen molar-refractivity contribution < 1.29 is 4.21 Å². The molecule has 0 spiro atoms. The summed E-state index contributed by atoms with van der Waals surface area (Å²) in [6.45, 7) is 0. The highest BCUT2D eigenvalue weighted by Crippen LogP contribution is 2.08. The van der Waals surface area contributed by atoms with Crippen LogP contribution in [0.3, 0.4) is 0 Å². The minimum Gasteiger partial charge on any atom is -0.192 e. The van der Waals surface area contributed by atoms with Gasteiger partial charge in [-0.15, -0.1) is 4.36 Å². The number of hydrogen-bond acceptors (Lipinski definition) is 4. The Balaban J connectivity index is 4.87. The molecule has 0 saturated heterocycles. The molecule has 0 radical (unpaired) electrons. The molecule has 10 heavy (non-hydrogen) atoms. The van der Waals surface area contributed by atoms with Crippen molar-refractivity contribution in [2.75, 3.05) is 0 Å². The van der Waals surface area contributed by atoms with E-state index in [-0.39, 0.29) is 22.2 Å². The summed E-state index contributed by atoms with van der Waals surface area (Å²) in [6.07, 6.45) is 0. The molecule has 0 aromatic rings. The molecule has 0 fully saturated rings. The van der Waals surface area contributed by atoms with E-state index >= 15 is 0 Å². The second-order valence-corrected chi connectivity index (χ2v) is 1.74. The number of hydrogen-bond donors (Lipinski definition) is 0. The van der Waals surface area contributed by atoms with E-state index in [0.29, 0.717) is 0 Å². The van der Waals surface area contributed by atoms with Crippen LogP contribution in [0.4, 0.5) is 0 Å². The zero-order chi connectivity index (χ0) is 7.98. The van der Waals surface area contributed by atoms with Gasteiger partial charge in [0, 0.05) is 0 Å². The minimum absolute atomic E-state index is 0.148. The summed E-state index contributed by atoms with van der Waals surface area (Å²) >= 11 is 5.05. The lowest BCUT2D eigenvalue weighted by Gasteiger charge is -1.79. The van der Waals surface area contributed by atoms with E-state index in [1.807, 2.05) is 0 Å². The maximum absolute atomic E-state index is 9.69. The Labute approximate surface area is 65.6 Å². The van der Waals surface area contributed by atoms with Crippen LogP contribution >= 0.6 is 11.6 Å². The fourth-order valence-electron chi connectivity index (χ4n) is 0.196. The van der Waals surface area contributed by atoms with Crippen molar-refractivity contribution >= 4 is 23.1 Å². The van der Waals surface area contributed by atoms with Crippen LogP contribution in [0.15, 0.2) is 15.1 Å². The van der Waals surface area contributed by atoms with Crippen molar-refractivity contribution in [1.29, 1.82) is 10.5 Å². The first-order chi connectivity index (χ1) is 4.76. The Morgan fingerprint density at radius 2 is 2.00 bits per heavy atom. The third kappa shape index (κ3) is 2.40. The number of halogens is 1. The lowest BCUT2D eigenvalue weighted by Crippen LogP contribution is -1.73. The van der Waals surface area contributed by atoms with Crippen molar-refractivity contribution in [2.24, 2.45) is 4.36 Å². The molecule has 0 aliphatic heterocycles. The van der Waals surface area contributed by atoms with Gasteiger partial charge >= 0.3 is 0 Å². The van der Waals surface area contributed by atoms with Crippen LogP contribution in [0.2, 0.25) is 0 Å². The van der Waals surface area contributed by atoms with E-state index < -0.39 is 0 Å². The van der Waals surface area contributed by atoms with E-state index in [1.54, 1.807) is 0 Å². The molecule has 0 rings (SSSR count). The van der Waals surface area contributed by atoms with Crippen molar-refractivity contribution in [3.05, 3.63) is 10.7 Å². The van der Waals surface area contributed by atoms with E-state index in [9.17, 15) is 4.21 Å². The monoisotopic (exact) mass is 173 g/mol. The van der Waals surface area contributed by atoms with Crippen molar-refractivity contribution in [2.45, 2.75) is 0 Å². The van der Waals surface area contributed by atoms with Gasteiger partial charge in [0.25, 0.3) is 0 Å². The first-order valence-corrected chi connectivity index (χ1v) is 3.04. The molecule has 0 aromatic heterocycles. The summed E-state index contributed by atoms with van der Waals surface area (Å²) in [6, 6.07) is 2.95. The van der Waals surface area contributed by atoms with Gasteiger partial charge in [-0.2, -0.15) is 14.7 Å². The Morgan fingerprint density at radius 3 is 2.30 bits per heavy atom. The SMILES string of the molecule is N#CC(C#N)=C(Cl)N=S=O. The Morgan fingerprint density at radius 1 is 1.50 bits per heavy atom. The van der Waals surface area contributed by atoms with Crippen LogP contribution in [0.5, 0.6) is 0 Å². The molecule has 0 N–H and O–H groups in total. The van der Waals surface area contributed by atoms with Crippen LogP contribution < -0.4 is 0 Å². The summed E-state index contributed by atoms with van der Waals surface area (Å²) < 4.78 is 12.7. The van der Waals surface area contributed by atoms with Gasteiger partial charge in [-0.1, -0.05) is 11.6 Å². The van der Waals surface area contributed by atoms with Crippen molar-refractivity contribution in [3.8, 4) is 12.1 Å². The Hall–Kier alpha value is -1.17. The van der Waals surface area contributed by atoms with Gasteiger partial charge in [0.2, 0.25) is 11.5 Å². The number of rotatable bonds is 1. The topological polar surface area (TPSA) is 77.0 Å². The van der Waals surface area contributed by atoms with Gasteiger partial charge in [0.15, 0.2) is 10.7 Å². The zero-order valence-electron chi connectivity index (χ0n) is 4.54. The second-order valence-electron chi connectivity index (χ2n) is 1.06. The fraction of sp³-hybridized carbons (Fsp3) is 0. The summed E-state index contributed by atoms with van der Waals surface area (Å²) in [4.78, 5) is 0. The molecule has 0 unspecified atom stereocenters. The first kappa shape index (κ1) is 8.83. The summed E-state index contributed by atoms with van der Waals surface area (Å²) in [7, 11) is 0. The largest absolute Gasteiger partial charge is 0.206 e. The van der Waals surface area contributed by atoms with E-state index in [1.165, 1.54) is 12.1 Å². The average Bonchev–Trinajstić information content (AvgIpc) is 1.91. The molecule has 6 heteroatoms. The molecule has 0 aliphatic carbocycles. The van der Waals surface area contributed by atoms with Gasteiger partial charge in [0.1, 0.15) is 12.1 Å². The molecule has 0 amide bonds. The summed E-state index contributed by atoms with van der Waals surface area (Å²) in [5, 5.41) is 15.9. The number of nitriles is 2. The number of nitrogens with zero attached hydrogens (tertiary/aromatic N) is 3. The smallest absolute Gasteiger partial charge is 0.192 e. The molecular weight excluding hydrogens is 174 g/mol. The van der Waals surface area contributed by atoms with Crippen molar-refractivity contribution in [1.82, 2.24) is 0 Å². The van der Waals surface area contributed by atoms with Crippen LogP contribution in [-0.2, 0) is 11.5 Å². The normalized spacial score (nSPS) is 6.70. The van der Waals surface area contributed by atoms with Gasteiger partial charge in [-0.25, -0.2) is 0 Å². The Bertz CT molecular complexity index is 275. The molecule has 0 bridgehead atoms. The standard InChI is InChI=1S/C4ClN3OS/c5-4(8-10-9)3(1-6)2-7. The first-order valence-electron chi connectivity index (χ1n) is 1.96. The fourth-order valence-corrected chi connectivity index (χ4v) is 0.521. The highest BCUT2D eigenvalue weighted by Gasteiger charge is 1.99. The highest BCUT2D eigenvalue weighted by molar-refractivity contribution is 7.54. The molecule has 0 aromatic carbocycles. The van der Waals surface area contributed by atoms with Gasteiger partial charge in [-0.05, 0) is 0 Å². The highest BCUT2D eigenvalue weighted by atomic mass is 35.5. The van der Waals surface area contributed by atoms with Crippen molar-refractivity contribution in [3.63, 3.8) is 0 Å². The average molecular weight is 174 g/mol. The van der Waals surface area contributed by atoms with Crippen LogP contribution in [0.1, 0.15) is 0 Å². The molecular formula is C4ClN3OS. The summed E-state index contributed by atoms with van der Waals surface area (Å²) in [5.41, 5.74) is -0.356. The van der Waals surface area contributed by atoms with Crippen LogP contribution in [0.25, 0.3) is 0 Å². The molecule has 0 aliphatic rings. The van der Waals surface area contributed by atoms with Gasteiger partial charge in [0.05, 0.1) is 0 Å². The zero-order valence-corrected chi connectivity index (χ0v) is 6.11. The quantitative estimate of drug-likeness (QED) is 0.436. The second kappa shape index (κ2) is 4.68. The Kier molecular flexibility index (Phi) is 4.14. The van der Waals surface area contributed by atoms with Gasteiger partial charge in [-0.3, -0.25) is 0 Å². The lowest BCUT2D eigenvalue weighted by atomic mass is 10.4. The minimum atomic E-state index is -0.356. The third-order valence-corrected chi connectivity index (χ3v) is 1.18. The van der Waals surface area contributed by atoms with E-state index in [4.69, 9.17) is 22.1 Å². The molecule has 0 atom stereocenters. The predicted octanol–water partition coefficient (Wildman–Crippen LogP) is 0.881. The summed E-state index contributed by atoms with van der Waals surface area (Å²) in [5.74, 6) is 0. The molecule has 4 nitrogen and oxygen atoms in total. The van der Waals surface area contributed by atoms with E-state index in [2.05, 4.69) is 4.36 Å².